The van der Waals surface area contributed by atoms with Crippen LogP contribution in [0.25, 0.3) is 0 Å². The van der Waals surface area contributed by atoms with E-state index in [1.165, 1.54) is 11.3 Å². The third-order valence-corrected chi connectivity index (χ3v) is 3.89. The SMILES string of the molecule is CC1(O)CCN(C(=O)c2cc(S)cs2)C1. The Bertz CT molecular complexity index is 387. The van der Waals surface area contributed by atoms with Crippen LogP contribution in [0.2, 0.25) is 0 Å². The molecule has 2 heterocycles. The molecule has 15 heavy (non-hydrogen) atoms. The fourth-order valence-corrected chi connectivity index (χ4v) is 2.83. The van der Waals surface area contributed by atoms with Crippen molar-refractivity contribution in [2.45, 2.75) is 23.8 Å². The summed E-state index contributed by atoms with van der Waals surface area (Å²) in [6.45, 7) is 2.82. The van der Waals surface area contributed by atoms with Gasteiger partial charge in [-0.3, -0.25) is 4.79 Å². The van der Waals surface area contributed by atoms with Gasteiger partial charge in [0.2, 0.25) is 0 Å². The molecule has 2 rings (SSSR count). The summed E-state index contributed by atoms with van der Waals surface area (Å²) in [5.74, 6) is -0.00178. The van der Waals surface area contributed by atoms with Crippen molar-refractivity contribution < 1.29 is 9.90 Å². The second-order valence-corrected chi connectivity index (χ2v) is 5.57. The van der Waals surface area contributed by atoms with Crippen molar-refractivity contribution >= 4 is 29.9 Å². The van der Waals surface area contributed by atoms with E-state index in [1.807, 2.05) is 5.38 Å². The van der Waals surface area contributed by atoms with Crippen molar-refractivity contribution in [3.05, 3.63) is 16.3 Å². The number of hydrogen-bond donors (Lipinski definition) is 2. The van der Waals surface area contributed by atoms with Gasteiger partial charge in [0.05, 0.1) is 10.5 Å². The average molecular weight is 243 g/mol. The van der Waals surface area contributed by atoms with E-state index < -0.39 is 5.60 Å². The maximum absolute atomic E-state index is 11.9. The number of carbonyl (C=O) groups excluding carboxylic acids is 1. The minimum Gasteiger partial charge on any atom is -0.388 e. The van der Waals surface area contributed by atoms with Gasteiger partial charge in [0.15, 0.2) is 0 Å². The van der Waals surface area contributed by atoms with E-state index in [2.05, 4.69) is 12.6 Å². The lowest BCUT2D eigenvalue weighted by atomic mass is 10.1. The van der Waals surface area contributed by atoms with Gasteiger partial charge in [-0.1, -0.05) is 0 Å². The number of hydrogen-bond acceptors (Lipinski definition) is 4. The second-order valence-electron chi connectivity index (χ2n) is 4.14. The van der Waals surface area contributed by atoms with Gasteiger partial charge in [-0.2, -0.15) is 0 Å². The first-order chi connectivity index (χ1) is 6.98. The Morgan fingerprint density at radius 2 is 2.47 bits per heavy atom. The van der Waals surface area contributed by atoms with Crippen molar-refractivity contribution in [1.29, 1.82) is 0 Å². The molecule has 3 nitrogen and oxygen atoms in total. The zero-order chi connectivity index (χ0) is 11.1. The van der Waals surface area contributed by atoms with E-state index in [9.17, 15) is 9.90 Å². The molecule has 1 aromatic heterocycles. The second kappa shape index (κ2) is 3.81. The highest BCUT2D eigenvalue weighted by Crippen LogP contribution is 2.25. The lowest BCUT2D eigenvalue weighted by Crippen LogP contribution is -2.33. The Labute approximate surface area is 98.1 Å². The minimum absolute atomic E-state index is 0.00178. The van der Waals surface area contributed by atoms with Crippen LogP contribution >= 0.6 is 24.0 Å². The topological polar surface area (TPSA) is 40.5 Å². The van der Waals surface area contributed by atoms with Crippen molar-refractivity contribution in [2.75, 3.05) is 13.1 Å². The molecule has 1 N–H and O–H groups in total. The molecule has 0 spiro atoms. The third-order valence-electron chi connectivity index (χ3n) is 2.54. The summed E-state index contributed by atoms with van der Waals surface area (Å²) < 4.78 is 0. The largest absolute Gasteiger partial charge is 0.388 e. The first-order valence-corrected chi connectivity index (χ1v) is 6.10. The summed E-state index contributed by atoms with van der Waals surface area (Å²) in [5.41, 5.74) is -0.725. The average Bonchev–Trinajstić information content (AvgIpc) is 2.71. The van der Waals surface area contributed by atoms with Crippen LogP contribution in [0.5, 0.6) is 0 Å². The molecular formula is C10H13NO2S2. The van der Waals surface area contributed by atoms with E-state index in [0.717, 1.165) is 4.90 Å². The molecule has 1 unspecified atom stereocenters. The van der Waals surface area contributed by atoms with Crippen molar-refractivity contribution in [3.8, 4) is 0 Å². The zero-order valence-corrected chi connectivity index (χ0v) is 10.1. The smallest absolute Gasteiger partial charge is 0.264 e. The number of rotatable bonds is 1. The maximum Gasteiger partial charge on any atom is 0.264 e. The molecule has 1 atom stereocenters. The Morgan fingerprint density at radius 1 is 1.73 bits per heavy atom. The van der Waals surface area contributed by atoms with Gasteiger partial charge in [-0.15, -0.1) is 24.0 Å². The highest BCUT2D eigenvalue weighted by Gasteiger charge is 2.34. The normalized spacial score (nSPS) is 25.9. The standard InChI is InChI=1S/C10H13NO2S2/c1-10(13)2-3-11(6-10)9(12)8-4-7(14)5-15-8/h4-5,13-14H,2-3,6H2,1H3. The first kappa shape index (κ1) is 11.0. The number of likely N-dealkylation sites (tertiary alicyclic amines) is 1. The molecule has 0 bridgehead atoms. The monoisotopic (exact) mass is 243 g/mol. The number of thiol groups is 1. The van der Waals surface area contributed by atoms with Crippen molar-refractivity contribution in [1.82, 2.24) is 4.90 Å². The number of amides is 1. The van der Waals surface area contributed by atoms with Gasteiger partial charge in [-0.05, 0) is 19.4 Å². The van der Waals surface area contributed by atoms with Crippen LogP contribution < -0.4 is 0 Å². The van der Waals surface area contributed by atoms with E-state index in [1.54, 1.807) is 17.9 Å². The van der Waals surface area contributed by atoms with E-state index >= 15 is 0 Å². The van der Waals surface area contributed by atoms with Gasteiger partial charge in [-0.25, -0.2) is 0 Å². The Balaban J connectivity index is 2.10. The molecular weight excluding hydrogens is 230 g/mol. The molecule has 82 valence electrons. The van der Waals surface area contributed by atoms with Crippen LogP contribution in [-0.4, -0.2) is 34.6 Å². The van der Waals surface area contributed by atoms with Gasteiger partial charge in [0.1, 0.15) is 0 Å². The summed E-state index contributed by atoms with van der Waals surface area (Å²) in [5, 5.41) is 11.6. The molecule has 0 aliphatic carbocycles. The lowest BCUT2D eigenvalue weighted by Gasteiger charge is -2.18. The maximum atomic E-state index is 11.9. The molecule has 0 aromatic carbocycles. The molecule has 1 saturated heterocycles. The molecule has 1 amide bonds. The first-order valence-electron chi connectivity index (χ1n) is 4.77. The number of aliphatic hydroxyl groups is 1. The van der Waals surface area contributed by atoms with Crippen LogP contribution in [0.1, 0.15) is 23.0 Å². The Morgan fingerprint density at radius 3 is 2.93 bits per heavy atom. The fraction of sp³-hybridized carbons (Fsp3) is 0.500. The number of thiophene rings is 1. The predicted molar refractivity (Wildman–Crippen MR) is 62.7 cm³/mol. The van der Waals surface area contributed by atoms with E-state index in [4.69, 9.17) is 0 Å². The van der Waals surface area contributed by atoms with Gasteiger partial charge < -0.3 is 10.0 Å². The number of β-amino-alcohol motifs (C(OH)–C–C–N with tert-alkyl or cyclic N) is 1. The summed E-state index contributed by atoms with van der Waals surface area (Å²) in [6, 6.07) is 1.77. The van der Waals surface area contributed by atoms with Crippen LogP contribution in [0, 0.1) is 0 Å². The van der Waals surface area contributed by atoms with Crippen molar-refractivity contribution in [2.24, 2.45) is 0 Å². The quantitative estimate of drug-likeness (QED) is 0.736. The summed E-state index contributed by atoms with van der Waals surface area (Å²) >= 11 is 5.56. The minimum atomic E-state index is -0.725. The summed E-state index contributed by atoms with van der Waals surface area (Å²) in [7, 11) is 0. The van der Waals surface area contributed by atoms with E-state index in [0.29, 0.717) is 24.4 Å². The van der Waals surface area contributed by atoms with Gasteiger partial charge in [0, 0.05) is 23.4 Å². The van der Waals surface area contributed by atoms with Crippen LogP contribution in [-0.2, 0) is 0 Å². The molecule has 1 aliphatic heterocycles. The highest BCUT2D eigenvalue weighted by molar-refractivity contribution is 7.80. The highest BCUT2D eigenvalue weighted by atomic mass is 32.1. The van der Waals surface area contributed by atoms with Crippen LogP contribution in [0.4, 0.5) is 0 Å². The molecule has 1 aliphatic rings. The van der Waals surface area contributed by atoms with Crippen LogP contribution in [0.15, 0.2) is 16.3 Å². The molecule has 1 fully saturated rings. The van der Waals surface area contributed by atoms with E-state index in [-0.39, 0.29) is 5.91 Å². The van der Waals surface area contributed by atoms with Crippen molar-refractivity contribution in [3.63, 3.8) is 0 Å². The van der Waals surface area contributed by atoms with Crippen LogP contribution in [0.3, 0.4) is 0 Å². The Kier molecular flexibility index (Phi) is 2.79. The molecule has 0 radical (unpaired) electrons. The number of carbonyl (C=O) groups is 1. The van der Waals surface area contributed by atoms with Gasteiger partial charge >= 0.3 is 0 Å². The molecule has 1 aromatic rings. The molecule has 0 saturated carbocycles. The summed E-state index contributed by atoms with van der Waals surface area (Å²) in [4.78, 5) is 15.1. The third kappa shape index (κ3) is 2.35. The fourth-order valence-electron chi connectivity index (χ4n) is 1.71. The Hall–Kier alpha value is -0.520. The molecule has 5 heteroatoms. The summed E-state index contributed by atoms with van der Waals surface area (Å²) in [6.07, 6.45) is 0.651. The lowest BCUT2D eigenvalue weighted by molar-refractivity contribution is 0.0574. The van der Waals surface area contributed by atoms with Gasteiger partial charge in [0.25, 0.3) is 5.91 Å². The zero-order valence-electron chi connectivity index (χ0n) is 8.43. The predicted octanol–water partition coefficient (Wildman–Crippen LogP) is 1.63. The number of nitrogens with zero attached hydrogens (tertiary/aromatic N) is 1.